The van der Waals surface area contributed by atoms with E-state index in [2.05, 4.69) is 0 Å². The van der Waals surface area contributed by atoms with Crippen LogP contribution >= 0.6 is 0 Å². The average Bonchev–Trinajstić information content (AvgIpc) is 2.05. The number of carbonyl (C=O) groups is 1. The fourth-order valence-corrected chi connectivity index (χ4v) is 0.654. The van der Waals surface area contributed by atoms with E-state index in [1.807, 2.05) is 0 Å². The summed E-state index contributed by atoms with van der Waals surface area (Å²) in [6.45, 7) is 0. The molecule has 0 bridgehead atoms. The van der Waals surface area contributed by atoms with Gasteiger partial charge in [-0.25, -0.2) is 5.48 Å². The monoisotopic (exact) mass is 347 g/mol. The molecule has 1 amide bonds. The molecular formula is C7H9NO2Pb. The van der Waals surface area contributed by atoms with Gasteiger partial charge in [-0.3, -0.25) is 10.0 Å². The molecule has 1 aromatic rings. The summed E-state index contributed by atoms with van der Waals surface area (Å²) in [7, 11) is 0. The quantitative estimate of drug-likeness (QED) is 0.424. The van der Waals surface area contributed by atoms with E-state index < -0.39 is 5.91 Å². The van der Waals surface area contributed by atoms with E-state index in [0.717, 1.165) is 0 Å². The van der Waals surface area contributed by atoms with Crippen molar-refractivity contribution in [1.29, 1.82) is 0 Å². The topological polar surface area (TPSA) is 49.3 Å². The third-order valence-corrected chi connectivity index (χ3v) is 1.14. The maximum absolute atomic E-state index is 10.7. The second kappa shape index (κ2) is 5.25. The van der Waals surface area contributed by atoms with Crippen LogP contribution in [0.2, 0.25) is 0 Å². The van der Waals surface area contributed by atoms with Crippen LogP contribution < -0.4 is 5.48 Å². The van der Waals surface area contributed by atoms with Crippen molar-refractivity contribution in [1.82, 2.24) is 5.48 Å². The van der Waals surface area contributed by atoms with E-state index >= 15 is 0 Å². The van der Waals surface area contributed by atoms with Gasteiger partial charge in [-0.2, -0.15) is 0 Å². The molecule has 0 aliphatic carbocycles. The fraction of sp³-hybridized carbons (Fsp3) is 0. The standard InChI is InChI=1S/C7H7NO2.Pb.2H/c9-7(8-10)6-4-2-1-3-5-6;;;/h1-5,10H,(H,8,9);;;. The summed E-state index contributed by atoms with van der Waals surface area (Å²) in [6, 6.07) is 8.49. The van der Waals surface area contributed by atoms with Gasteiger partial charge < -0.3 is 0 Å². The van der Waals surface area contributed by atoms with Gasteiger partial charge in [0.05, 0.1) is 0 Å². The molecule has 11 heavy (non-hydrogen) atoms. The molecule has 0 spiro atoms. The Hall–Kier alpha value is -0.428. The van der Waals surface area contributed by atoms with Crippen molar-refractivity contribution in [2.75, 3.05) is 0 Å². The summed E-state index contributed by atoms with van der Waals surface area (Å²) >= 11 is 0. The van der Waals surface area contributed by atoms with Gasteiger partial charge in [-0.15, -0.1) is 0 Å². The Labute approximate surface area is 84.5 Å². The molecule has 0 aromatic heterocycles. The van der Waals surface area contributed by atoms with Gasteiger partial charge in [0.25, 0.3) is 5.91 Å². The van der Waals surface area contributed by atoms with Crippen molar-refractivity contribution in [3.8, 4) is 0 Å². The second-order valence-corrected chi connectivity index (χ2v) is 1.81. The predicted molar refractivity (Wildman–Crippen MR) is 44.2 cm³/mol. The summed E-state index contributed by atoms with van der Waals surface area (Å²) in [4.78, 5) is 10.7. The van der Waals surface area contributed by atoms with Gasteiger partial charge in [0.2, 0.25) is 0 Å². The number of hydroxylamine groups is 1. The zero-order valence-electron chi connectivity index (χ0n) is 5.95. The Bertz CT molecular complexity index is 225. The van der Waals surface area contributed by atoms with Crippen LogP contribution in [0.4, 0.5) is 0 Å². The van der Waals surface area contributed by atoms with Crippen LogP contribution in [0.25, 0.3) is 0 Å². The molecule has 4 heteroatoms. The Morgan fingerprint density at radius 1 is 1.27 bits per heavy atom. The van der Waals surface area contributed by atoms with E-state index in [1.165, 1.54) is 0 Å². The van der Waals surface area contributed by atoms with Gasteiger partial charge >= 0.3 is 27.3 Å². The Balaban J connectivity index is 0.000001000. The number of nitrogens with one attached hydrogen (secondary N) is 1. The second-order valence-electron chi connectivity index (χ2n) is 1.81. The molecule has 0 saturated heterocycles. The molecule has 0 aliphatic rings. The summed E-state index contributed by atoms with van der Waals surface area (Å²) in [6.07, 6.45) is 0. The Morgan fingerprint density at radius 3 is 2.27 bits per heavy atom. The number of amides is 1. The molecule has 58 valence electrons. The molecule has 1 rings (SSSR count). The molecule has 3 nitrogen and oxygen atoms in total. The molecule has 0 atom stereocenters. The van der Waals surface area contributed by atoms with Crippen molar-refractivity contribution in [2.24, 2.45) is 0 Å². The average molecular weight is 346 g/mol. The van der Waals surface area contributed by atoms with Crippen molar-refractivity contribution >= 4 is 33.2 Å². The molecule has 2 N–H and O–H groups in total. The number of carbonyl (C=O) groups excluding carboxylic acids is 1. The SMILES string of the molecule is O=C(NO)c1ccccc1.[PbH2]. The van der Waals surface area contributed by atoms with Crippen molar-refractivity contribution < 1.29 is 10.0 Å². The van der Waals surface area contributed by atoms with E-state index in [9.17, 15) is 4.79 Å². The number of rotatable bonds is 1. The third kappa shape index (κ3) is 2.98. The van der Waals surface area contributed by atoms with Gasteiger partial charge in [-0.05, 0) is 12.1 Å². The van der Waals surface area contributed by atoms with Crippen molar-refractivity contribution in [3.63, 3.8) is 0 Å². The van der Waals surface area contributed by atoms with Crippen LogP contribution in [0, 0.1) is 0 Å². The molecule has 0 aliphatic heterocycles. The van der Waals surface area contributed by atoms with Crippen LogP contribution in [-0.2, 0) is 0 Å². The molecule has 0 saturated carbocycles. The first-order chi connectivity index (χ1) is 4.84. The van der Waals surface area contributed by atoms with Gasteiger partial charge in [0, 0.05) is 5.56 Å². The Kier molecular flexibility index (Phi) is 5.05. The first kappa shape index (κ1) is 10.6. The van der Waals surface area contributed by atoms with Gasteiger partial charge in [0.15, 0.2) is 0 Å². The van der Waals surface area contributed by atoms with Crippen molar-refractivity contribution in [3.05, 3.63) is 35.9 Å². The van der Waals surface area contributed by atoms with Crippen LogP contribution in [0.5, 0.6) is 0 Å². The van der Waals surface area contributed by atoms with Crippen LogP contribution in [0.1, 0.15) is 10.4 Å². The number of hydrogen-bond donors (Lipinski definition) is 2. The molecule has 0 unspecified atom stereocenters. The van der Waals surface area contributed by atoms with E-state index in [-0.39, 0.29) is 27.3 Å². The zero-order valence-corrected chi connectivity index (χ0v) is 11.4. The van der Waals surface area contributed by atoms with Gasteiger partial charge in [-0.1, -0.05) is 18.2 Å². The molecule has 0 fully saturated rings. The summed E-state index contributed by atoms with van der Waals surface area (Å²) < 4.78 is 0. The molecular weight excluding hydrogens is 337 g/mol. The minimum atomic E-state index is -0.486. The first-order valence-corrected chi connectivity index (χ1v) is 2.84. The fourth-order valence-electron chi connectivity index (χ4n) is 0.654. The van der Waals surface area contributed by atoms with E-state index in [0.29, 0.717) is 5.56 Å². The normalized spacial score (nSPS) is 8.09. The molecule has 0 heterocycles. The van der Waals surface area contributed by atoms with Crippen LogP contribution in [0.15, 0.2) is 30.3 Å². The minimum absolute atomic E-state index is 0. The van der Waals surface area contributed by atoms with Crippen LogP contribution in [0.3, 0.4) is 0 Å². The summed E-state index contributed by atoms with van der Waals surface area (Å²) in [5, 5.41) is 8.19. The first-order valence-electron chi connectivity index (χ1n) is 2.84. The third-order valence-electron chi connectivity index (χ3n) is 1.14. The van der Waals surface area contributed by atoms with Crippen LogP contribution in [-0.4, -0.2) is 38.4 Å². The van der Waals surface area contributed by atoms with E-state index in [1.54, 1.807) is 35.8 Å². The van der Waals surface area contributed by atoms with E-state index in [4.69, 9.17) is 5.21 Å². The maximum atomic E-state index is 10.7. The molecule has 2 radical (unpaired) electrons. The van der Waals surface area contributed by atoms with Crippen molar-refractivity contribution in [2.45, 2.75) is 0 Å². The Morgan fingerprint density at radius 2 is 1.82 bits per heavy atom. The summed E-state index contributed by atoms with van der Waals surface area (Å²) in [5.41, 5.74) is 1.99. The predicted octanol–water partition coefficient (Wildman–Crippen LogP) is -0.111. The zero-order chi connectivity index (χ0) is 7.40. The number of benzene rings is 1. The molecule has 1 aromatic carbocycles. The summed E-state index contributed by atoms with van der Waals surface area (Å²) in [5.74, 6) is -0.486. The number of hydrogen-bond acceptors (Lipinski definition) is 2. The van der Waals surface area contributed by atoms with Gasteiger partial charge in [0.1, 0.15) is 0 Å².